The molecule has 0 saturated heterocycles. The molecule has 1 heterocycles. The molecular weight excluding hydrogens is 252 g/mol. The average Bonchev–Trinajstić information content (AvgIpc) is 2.55. The zero-order valence-electron chi connectivity index (χ0n) is 10.00. The van der Waals surface area contributed by atoms with Crippen LogP contribution in [0.5, 0.6) is 0 Å². The molecule has 0 aromatic heterocycles. The summed E-state index contributed by atoms with van der Waals surface area (Å²) < 4.78 is 0. The summed E-state index contributed by atoms with van der Waals surface area (Å²) in [6.07, 6.45) is 0. The van der Waals surface area contributed by atoms with Crippen molar-refractivity contribution in [2.24, 2.45) is 0 Å². The predicted octanol–water partition coefficient (Wildman–Crippen LogP) is 1.64. The van der Waals surface area contributed by atoms with E-state index in [0.717, 1.165) is 5.57 Å². The average molecular weight is 265 g/mol. The van der Waals surface area contributed by atoms with Crippen LogP contribution in [0.4, 0.5) is 5.69 Å². The first-order valence-corrected chi connectivity index (χ1v) is 5.89. The van der Waals surface area contributed by atoms with E-state index >= 15 is 0 Å². The maximum atomic E-state index is 11.9. The molecule has 1 amide bonds. The molecule has 0 aliphatic carbocycles. The van der Waals surface area contributed by atoms with Gasteiger partial charge in [-0.3, -0.25) is 9.59 Å². The van der Waals surface area contributed by atoms with Crippen LogP contribution >= 0.6 is 11.6 Å². The van der Waals surface area contributed by atoms with Gasteiger partial charge in [0.05, 0.1) is 11.3 Å². The van der Waals surface area contributed by atoms with E-state index in [0.29, 0.717) is 29.4 Å². The van der Waals surface area contributed by atoms with E-state index in [2.05, 4.69) is 11.9 Å². The number of nitrogens with zero attached hydrogens (tertiary/aromatic N) is 1. The molecule has 4 nitrogen and oxygen atoms in total. The van der Waals surface area contributed by atoms with Crippen LogP contribution in [0.15, 0.2) is 30.4 Å². The zero-order chi connectivity index (χ0) is 13.3. The summed E-state index contributed by atoms with van der Waals surface area (Å²) in [4.78, 5) is 25.1. The van der Waals surface area contributed by atoms with Gasteiger partial charge in [0.25, 0.3) is 11.7 Å². The number of rotatable bonds is 4. The Bertz CT molecular complexity index is 540. The first kappa shape index (κ1) is 12.8. The second kappa shape index (κ2) is 4.92. The summed E-state index contributed by atoms with van der Waals surface area (Å²) in [5.41, 5.74) is 1.79. The molecule has 0 spiro atoms. The number of carbonyl (C=O) groups excluding carboxylic acids is 2. The highest BCUT2D eigenvalue weighted by Crippen LogP contribution is 2.31. The molecule has 0 unspecified atom stereocenters. The van der Waals surface area contributed by atoms with Gasteiger partial charge in [0.1, 0.15) is 0 Å². The van der Waals surface area contributed by atoms with Crippen LogP contribution in [0.25, 0.3) is 0 Å². The van der Waals surface area contributed by atoms with Crippen molar-refractivity contribution in [1.29, 1.82) is 0 Å². The Morgan fingerprint density at radius 1 is 1.44 bits per heavy atom. The minimum atomic E-state index is -0.524. The van der Waals surface area contributed by atoms with Crippen LogP contribution < -0.4 is 10.2 Å². The molecule has 1 aliphatic heterocycles. The molecule has 1 N–H and O–H groups in total. The number of fused-ring (bicyclic) bond motifs is 1. The van der Waals surface area contributed by atoms with E-state index in [-0.39, 0.29) is 0 Å². The number of nitrogens with one attached hydrogen (secondary N) is 1. The number of benzene rings is 1. The molecule has 2 rings (SSSR count). The minimum Gasteiger partial charge on any atom is -0.316 e. The quantitative estimate of drug-likeness (QED) is 0.664. The summed E-state index contributed by atoms with van der Waals surface area (Å²) in [7, 11) is 1.80. The number of halogens is 1. The summed E-state index contributed by atoms with van der Waals surface area (Å²) in [6, 6.07) is 4.82. The van der Waals surface area contributed by atoms with Crippen molar-refractivity contribution in [2.75, 3.05) is 25.0 Å². The number of likely N-dealkylation sites (N-methyl/N-ethyl adjacent to an activating group) is 1. The molecule has 0 bridgehead atoms. The van der Waals surface area contributed by atoms with Gasteiger partial charge in [0.2, 0.25) is 0 Å². The van der Waals surface area contributed by atoms with Crippen LogP contribution in [-0.4, -0.2) is 31.8 Å². The fourth-order valence-electron chi connectivity index (χ4n) is 1.95. The van der Waals surface area contributed by atoms with Crippen LogP contribution in [0.1, 0.15) is 10.4 Å². The second-order valence-corrected chi connectivity index (χ2v) is 4.60. The van der Waals surface area contributed by atoms with E-state index in [1.165, 1.54) is 4.90 Å². The lowest BCUT2D eigenvalue weighted by Crippen LogP contribution is -2.33. The van der Waals surface area contributed by atoms with Gasteiger partial charge in [-0.25, -0.2) is 0 Å². The Morgan fingerprint density at radius 2 is 2.17 bits per heavy atom. The van der Waals surface area contributed by atoms with Crippen molar-refractivity contribution >= 4 is 29.0 Å². The Labute approximate surface area is 110 Å². The van der Waals surface area contributed by atoms with E-state index in [4.69, 9.17) is 11.6 Å². The lowest BCUT2D eigenvalue weighted by Gasteiger charge is -2.18. The monoisotopic (exact) mass is 264 g/mol. The number of hydrogen-bond donors (Lipinski definition) is 1. The fraction of sp³-hybridized carbons (Fsp3) is 0.231. The van der Waals surface area contributed by atoms with E-state index < -0.39 is 11.7 Å². The van der Waals surface area contributed by atoms with Gasteiger partial charge in [0.15, 0.2) is 0 Å². The predicted molar refractivity (Wildman–Crippen MR) is 71.2 cm³/mol. The molecule has 0 atom stereocenters. The Morgan fingerprint density at radius 3 is 2.83 bits per heavy atom. The molecular formula is C13H13ClN2O2. The molecule has 94 valence electrons. The van der Waals surface area contributed by atoms with Crippen molar-refractivity contribution in [2.45, 2.75) is 0 Å². The van der Waals surface area contributed by atoms with Crippen molar-refractivity contribution in [3.63, 3.8) is 0 Å². The number of carbonyl (C=O) groups is 2. The highest BCUT2D eigenvalue weighted by molar-refractivity contribution is 6.52. The highest BCUT2D eigenvalue weighted by atomic mass is 35.5. The van der Waals surface area contributed by atoms with E-state index in [9.17, 15) is 9.59 Å². The Hall–Kier alpha value is -1.65. The van der Waals surface area contributed by atoms with E-state index in [1.54, 1.807) is 25.2 Å². The van der Waals surface area contributed by atoms with Crippen LogP contribution in [0, 0.1) is 0 Å². The lowest BCUT2D eigenvalue weighted by atomic mass is 10.1. The maximum Gasteiger partial charge on any atom is 0.299 e. The third-order valence-electron chi connectivity index (χ3n) is 2.74. The van der Waals surface area contributed by atoms with Gasteiger partial charge in [-0.05, 0) is 30.8 Å². The van der Waals surface area contributed by atoms with Crippen molar-refractivity contribution in [3.05, 3.63) is 40.9 Å². The van der Waals surface area contributed by atoms with Crippen LogP contribution in [0.2, 0.25) is 5.02 Å². The van der Waals surface area contributed by atoms with Crippen molar-refractivity contribution in [3.8, 4) is 0 Å². The van der Waals surface area contributed by atoms with Crippen molar-refractivity contribution < 1.29 is 9.59 Å². The third kappa shape index (κ3) is 2.17. The third-order valence-corrected chi connectivity index (χ3v) is 2.98. The van der Waals surface area contributed by atoms with Gasteiger partial charge in [-0.2, -0.15) is 0 Å². The van der Waals surface area contributed by atoms with Crippen LogP contribution in [-0.2, 0) is 4.79 Å². The van der Waals surface area contributed by atoms with Gasteiger partial charge >= 0.3 is 0 Å². The topological polar surface area (TPSA) is 49.4 Å². The van der Waals surface area contributed by atoms with Gasteiger partial charge in [-0.15, -0.1) is 0 Å². The summed E-state index contributed by atoms with van der Waals surface area (Å²) in [5.74, 6) is -1.01. The Balaban J connectivity index is 2.33. The molecule has 5 heteroatoms. The van der Waals surface area contributed by atoms with Gasteiger partial charge in [0, 0.05) is 18.1 Å². The number of anilines is 1. The lowest BCUT2D eigenvalue weighted by molar-refractivity contribution is -0.114. The standard InChI is InChI=1S/C13H13ClN2O2/c1-8(6-15-2)7-16-11-5-9(14)3-4-10(11)12(17)13(16)18/h3-5,15H,1,6-7H2,2H3. The molecule has 0 fully saturated rings. The number of Topliss-reactive ketones (excluding diaryl/α,β-unsaturated/α-hetero) is 1. The molecule has 0 radical (unpaired) electrons. The minimum absolute atomic E-state index is 0.318. The Kier molecular flexibility index (Phi) is 3.50. The van der Waals surface area contributed by atoms with Gasteiger partial charge in [-0.1, -0.05) is 18.2 Å². The SMILES string of the molecule is C=C(CNC)CN1C(=O)C(=O)c2ccc(Cl)cc21. The van der Waals surface area contributed by atoms with E-state index in [1.807, 2.05) is 0 Å². The normalized spacial score (nSPS) is 14.0. The first-order chi connectivity index (χ1) is 8.54. The largest absolute Gasteiger partial charge is 0.316 e. The molecule has 0 saturated carbocycles. The molecule has 1 aromatic carbocycles. The smallest absolute Gasteiger partial charge is 0.299 e. The molecule has 1 aromatic rings. The molecule has 1 aliphatic rings. The fourth-order valence-corrected chi connectivity index (χ4v) is 2.12. The number of amides is 1. The second-order valence-electron chi connectivity index (χ2n) is 4.16. The summed E-state index contributed by atoms with van der Waals surface area (Å²) in [6.45, 7) is 4.77. The number of hydrogen-bond acceptors (Lipinski definition) is 3. The molecule has 18 heavy (non-hydrogen) atoms. The zero-order valence-corrected chi connectivity index (χ0v) is 10.8. The maximum absolute atomic E-state index is 11.9. The number of ketones is 1. The van der Waals surface area contributed by atoms with Gasteiger partial charge < -0.3 is 10.2 Å². The first-order valence-electron chi connectivity index (χ1n) is 5.51. The summed E-state index contributed by atoms with van der Waals surface area (Å²) >= 11 is 5.90. The van der Waals surface area contributed by atoms with Crippen molar-refractivity contribution in [1.82, 2.24) is 5.32 Å². The summed E-state index contributed by atoms with van der Waals surface area (Å²) in [5, 5.41) is 3.45. The highest BCUT2D eigenvalue weighted by Gasteiger charge is 2.35. The van der Waals surface area contributed by atoms with Crippen LogP contribution in [0.3, 0.4) is 0 Å².